The number of aromatic nitrogens is 1. The lowest BCUT2D eigenvalue weighted by molar-refractivity contribution is -0.150. The standard InChI is InChI=1S/C14H13N5O6S2/c1-2-5-4-27(25)12-8(11(21)19(12)9(5)13(22)23)17-10(20)7(18-24)6-3-26-14(15)16-6/h2-3,8,12,24H,1,4H2,(H2,15,16)(H,17,20)(H,22,23)/t8-,12-,27?/m1/s1. The van der Waals surface area contributed by atoms with Gasteiger partial charge in [0.15, 0.2) is 16.9 Å². The average molecular weight is 411 g/mol. The molecule has 5 N–H and O–H groups in total. The number of carboxylic acids is 1. The molecule has 3 atom stereocenters. The van der Waals surface area contributed by atoms with Crippen molar-refractivity contribution in [2.24, 2.45) is 5.16 Å². The molecule has 1 aromatic heterocycles. The second-order valence-electron chi connectivity index (χ2n) is 5.48. The van der Waals surface area contributed by atoms with Crippen LogP contribution in [0.5, 0.6) is 0 Å². The van der Waals surface area contributed by atoms with Crippen molar-refractivity contribution < 1.29 is 29.3 Å². The number of nitrogens with one attached hydrogen (secondary N) is 1. The molecule has 13 heteroatoms. The molecule has 3 rings (SSSR count). The number of thiazole rings is 1. The number of nitrogens with zero attached hydrogens (tertiary/aromatic N) is 3. The van der Waals surface area contributed by atoms with E-state index in [-0.39, 0.29) is 27.8 Å². The Kier molecular flexibility index (Phi) is 4.91. The van der Waals surface area contributed by atoms with Crippen molar-refractivity contribution in [1.82, 2.24) is 15.2 Å². The highest BCUT2D eigenvalue weighted by Gasteiger charge is 2.60. The topological polar surface area (TPSA) is 181 Å². The summed E-state index contributed by atoms with van der Waals surface area (Å²) in [7, 11) is 0. The van der Waals surface area contributed by atoms with Crippen LogP contribution in [0.15, 0.2) is 34.5 Å². The van der Waals surface area contributed by atoms with Crippen LogP contribution < -0.4 is 11.1 Å². The van der Waals surface area contributed by atoms with Gasteiger partial charge in [0.2, 0.25) is 5.37 Å². The van der Waals surface area contributed by atoms with Gasteiger partial charge in [-0.15, -0.1) is 11.3 Å². The van der Waals surface area contributed by atoms with Crippen LogP contribution in [0.1, 0.15) is 5.69 Å². The number of rotatable bonds is 5. The summed E-state index contributed by atoms with van der Waals surface area (Å²) < 4.78 is 12.4. The molecule has 0 spiro atoms. The number of anilines is 1. The van der Waals surface area contributed by atoms with Crippen LogP contribution in [0, 0.1) is 0 Å². The van der Waals surface area contributed by atoms with E-state index in [4.69, 9.17) is 10.9 Å². The average Bonchev–Trinajstić information content (AvgIpc) is 3.05. The molecular formula is C14H13N5O6S2. The predicted octanol–water partition coefficient (Wildman–Crippen LogP) is -1.16. The van der Waals surface area contributed by atoms with E-state index < -0.39 is 46.1 Å². The first-order valence-electron chi connectivity index (χ1n) is 7.33. The molecular weight excluding hydrogens is 398 g/mol. The molecule has 1 aromatic rings. The lowest BCUT2D eigenvalue weighted by atomic mass is 10.0. The van der Waals surface area contributed by atoms with Crippen molar-refractivity contribution in [3.8, 4) is 0 Å². The number of hydrogen-bond donors (Lipinski definition) is 4. The fourth-order valence-corrected chi connectivity index (χ4v) is 4.99. The molecule has 1 unspecified atom stereocenters. The quantitative estimate of drug-likeness (QED) is 0.154. The van der Waals surface area contributed by atoms with Gasteiger partial charge in [-0.25, -0.2) is 9.78 Å². The fourth-order valence-electron chi connectivity index (χ4n) is 2.78. The first kappa shape index (κ1) is 18.9. The van der Waals surface area contributed by atoms with Crippen molar-refractivity contribution in [3.05, 3.63) is 35.0 Å². The maximum absolute atomic E-state index is 12.4. The maximum Gasteiger partial charge on any atom is 0.353 e. The Bertz CT molecular complexity index is 910. The third-order valence-corrected chi connectivity index (χ3v) is 6.26. The first-order chi connectivity index (χ1) is 12.8. The van der Waals surface area contributed by atoms with Crippen molar-refractivity contribution in [3.63, 3.8) is 0 Å². The van der Waals surface area contributed by atoms with Gasteiger partial charge in [-0.05, 0) is 11.2 Å². The number of oxime groups is 1. The Morgan fingerprint density at radius 1 is 1.59 bits per heavy atom. The smallest absolute Gasteiger partial charge is 0.353 e. The van der Waals surface area contributed by atoms with Crippen LogP contribution in [-0.4, -0.2) is 65.4 Å². The lowest BCUT2D eigenvalue weighted by Gasteiger charge is -2.48. The summed E-state index contributed by atoms with van der Waals surface area (Å²) >= 11 is -0.637. The minimum absolute atomic E-state index is 0.00552. The lowest BCUT2D eigenvalue weighted by Crippen LogP contribution is -2.75. The Balaban J connectivity index is 1.83. The number of fused-ring (bicyclic) bond motifs is 1. The molecule has 1 fully saturated rings. The Labute approximate surface area is 159 Å². The number of nitrogens with two attached hydrogens (primary N) is 1. The molecule has 0 radical (unpaired) electrons. The second kappa shape index (κ2) is 7.02. The number of nitrogen functional groups attached to an aromatic ring is 1. The fraction of sp³-hybridized carbons (Fsp3) is 0.214. The van der Waals surface area contributed by atoms with E-state index in [0.29, 0.717) is 0 Å². The van der Waals surface area contributed by atoms with Gasteiger partial charge in [0, 0.05) is 11.0 Å². The number of allylic oxidation sites excluding steroid dienone is 1. The monoisotopic (exact) mass is 411 g/mol. The van der Waals surface area contributed by atoms with Crippen molar-refractivity contribution >= 4 is 51.1 Å². The van der Waals surface area contributed by atoms with Crippen LogP contribution in [0.25, 0.3) is 0 Å². The number of carbonyl (C=O) groups is 3. The van der Waals surface area contributed by atoms with Gasteiger partial charge in [-0.3, -0.25) is 14.5 Å². The van der Waals surface area contributed by atoms with Gasteiger partial charge in [0.1, 0.15) is 17.1 Å². The number of carboxylic acid groups (broad SMARTS) is 1. The molecule has 1 saturated heterocycles. The van der Waals surface area contributed by atoms with E-state index in [1.807, 2.05) is 0 Å². The molecule has 0 aromatic carbocycles. The van der Waals surface area contributed by atoms with Gasteiger partial charge in [0.05, 0.1) is 0 Å². The van der Waals surface area contributed by atoms with E-state index >= 15 is 0 Å². The first-order valence-corrected chi connectivity index (χ1v) is 9.59. The normalized spacial score (nSPS) is 24.9. The van der Waals surface area contributed by atoms with E-state index in [9.17, 15) is 24.0 Å². The third kappa shape index (κ3) is 3.05. The zero-order valence-electron chi connectivity index (χ0n) is 13.5. The predicted molar refractivity (Wildman–Crippen MR) is 95.3 cm³/mol. The molecule has 2 aliphatic rings. The van der Waals surface area contributed by atoms with Gasteiger partial charge >= 0.3 is 5.97 Å². The van der Waals surface area contributed by atoms with Crippen molar-refractivity contribution in [2.45, 2.75) is 11.4 Å². The van der Waals surface area contributed by atoms with Crippen LogP contribution in [0.4, 0.5) is 5.13 Å². The van der Waals surface area contributed by atoms with Crippen LogP contribution in [0.3, 0.4) is 0 Å². The number of amides is 2. The van der Waals surface area contributed by atoms with Gasteiger partial charge in [-0.2, -0.15) is 0 Å². The third-order valence-electron chi connectivity index (χ3n) is 3.97. The molecule has 27 heavy (non-hydrogen) atoms. The molecule has 2 amide bonds. The second-order valence-corrected chi connectivity index (χ2v) is 7.90. The highest BCUT2D eigenvalue weighted by Crippen LogP contribution is 2.37. The summed E-state index contributed by atoms with van der Waals surface area (Å²) in [4.78, 5) is 40.9. The van der Waals surface area contributed by atoms with Crippen LogP contribution >= 0.6 is 11.3 Å². The van der Waals surface area contributed by atoms with E-state index in [1.165, 1.54) is 11.5 Å². The Morgan fingerprint density at radius 2 is 2.30 bits per heavy atom. The summed E-state index contributed by atoms with van der Waals surface area (Å²) in [6, 6.07) is -1.23. The number of aliphatic carboxylic acids is 1. The highest BCUT2D eigenvalue weighted by molar-refractivity contribution is 7.92. The molecule has 0 saturated carbocycles. The van der Waals surface area contributed by atoms with Gasteiger partial charge < -0.3 is 25.9 Å². The number of hydrogen-bond acceptors (Lipinski definition) is 9. The zero-order chi connectivity index (χ0) is 19.9. The molecule has 0 aliphatic carbocycles. The molecule has 3 heterocycles. The highest BCUT2D eigenvalue weighted by atomic mass is 32.2. The molecule has 2 aliphatic heterocycles. The molecule has 11 nitrogen and oxygen atoms in total. The number of carbonyl (C=O) groups excluding carboxylic acids is 2. The number of β-lactam (4-membered cyclic amide) rings is 1. The van der Waals surface area contributed by atoms with E-state index in [0.717, 1.165) is 16.2 Å². The van der Waals surface area contributed by atoms with Gasteiger partial charge in [0.25, 0.3) is 11.8 Å². The minimum atomic E-state index is -1.66. The van der Waals surface area contributed by atoms with E-state index in [2.05, 4.69) is 22.0 Å². The summed E-state index contributed by atoms with van der Waals surface area (Å²) in [5.74, 6) is -3.16. The largest absolute Gasteiger partial charge is 0.614 e. The maximum atomic E-state index is 12.4. The van der Waals surface area contributed by atoms with Crippen LogP contribution in [-0.2, 0) is 25.6 Å². The van der Waals surface area contributed by atoms with Crippen molar-refractivity contribution in [2.75, 3.05) is 11.5 Å². The minimum Gasteiger partial charge on any atom is -0.614 e. The van der Waals surface area contributed by atoms with E-state index in [1.54, 1.807) is 0 Å². The summed E-state index contributed by atoms with van der Waals surface area (Å²) in [6.07, 6.45) is 1.24. The summed E-state index contributed by atoms with van der Waals surface area (Å²) in [6.45, 7) is 3.47. The van der Waals surface area contributed by atoms with Crippen LogP contribution in [0.2, 0.25) is 0 Å². The summed E-state index contributed by atoms with van der Waals surface area (Å²) in [5, 5.41) is 24.1. The Hall–Kier alpha value is -2.90. The SMILES string of the molecule is C=CC1=C(C(=O)O)N2C(=O)[C@@H](NC(=O)C(=NO)c3csc(N)n3)[C@H]2[S+]([O-])C1. The Morgan fingerprint density at radius 3 is 2.81 bits per heavy atom. The van der Waals surface area contributed by atoms with Gasteiger partial charge in [-0.1, -0.05) is 17.8 Å². The summed E-state index contributed by atoms with van der Waals surface area (Å²) in [5.41, 5.74) is 4.87. The molecule has 0 bridgehead atoms. The zero-order valence-corrected chi connectivity index (χ0v) is 15.1. The van der Waals surface area contributed by atoms with Crippen molar-refractivity contribution in [1.29, 1.82) is 0 Å². The molecule has 142 valence electrons.